The van der Waals surface area contributed by atoms with Crippen LogP contribution in [0, 0.1) is 5.92 Å². The minimum atomic E-state index is -0.485. The minimum Gasteiger partial charge on any atom is -0.356 e. The van der Waals surface area contributed by atoms with Gasteiger partial charge in [-0.1, -0.05) is 18.2 Å². The number of nitrogens with one attached hydrogen (secondary N) is 3. The van der Waals surface area contributed by atoms with Crippen molar-refractivity contribution in [2.75, 3.05) is 25.0 Å². The fraction of sp³-hybridized carbons (Fsp3) is 0.400. The van der Waals surface area contributed by atoms with Crippen molar-refractivity contribution in [3.63, 3.8) is 0 Å². The number of anilines is 1. The molecule has 0 saturated carbocycles. The molecule has 2 aromatic heterocycles. The van der Waals surface area contributed by atoms with Gasteiger partial charge < -0.3 is 20.5 Å². The lowest BCUT2D eigenvalue weighted by Crippen LogP contribution is -2.42. The highest BCUT2D eigenvalue weighted by molar-refractivity contribution is 5.97. The SMILES string of the molecule is CC(=O)C[C@H](NC(=O)CC(=O)N1CCC(CNc2nc3ccccc3[nH]2)CC1)c1cccnc1. The van der Waals surface area contributed by atoms with Gasteiger partial charge in [-0.05, 0) is 49.4 Å². The van der Waals surface area contributed by atoms with Crippen LogP contribution in [-0.4, -0.2) is 57.1 Å². The second-order valence-corrected chi connectivity index (χ2v) is 8.80. The molecule has 3 aromatic rings. The van der Waals surface area contributed by atoms with Crippen LogP contribution in [0.25, 0.3) is 11.0 Å². The topological polar surface area (TPSA) is 120 Å². The summed E-state index contributed by atoms with van der Waals surface area (Å²) in [6.45, 7) is 3.50. The number of aromatic amines is 1. The Labute approximate surface area is 198 Å². The van der Waals surface area contributed by atoms with Gasteiger partial charge in [-0.15, -0.1) is 0 Å². The van der Waals surface area contributed by atoms with E-state index in [4.69, 9.17) is 0 Å². The Balaban J connectivity index is 1.22. The highest BCUT2D eigenvalue weighted by atomic mass is 16.2. The van der Waals surface area contributed by atoms with Crippen molar-refractivity contribution in [2.45, 2.75) is 38.6 Å². The van der Waals surface area contributed by atoms with Crippen molar-refractivity contribution in [1.29, 1.82) is 0 Å². The Kier molecular flexibility index (Phi) is 7.51. The highest BCUT2D eigenvalue weighted by Gasteiger charge is 2.25. The summed E-state index contributed by atoms with van der Waals surface area (Å²) in [6.07, 6.45) is 4.92. The zero-order valence-corrected chi connectivity index (χ0v) is 19.3. The lowest BCUT2D eigenvalue weighted by Gasteiger charge is -2.32. The zero-order valence-electron chi connectivity index (χ0n) is 19.3. The molecule has 0 bridgehead atoms. The van der Waals surface area contributed by atoms with Gasteiger partial charge in [0.05, 0.1) is 17.1 Å². The number of rotatable bonds is 9. The number of piperidine rings is 1. The molecule has 4 rings (SSSR count). The number of aromatic nitrogens is 3. The molecule has 34 heavy (non-hydrogen) atoms. The van der Waals surface area contributed by atoms with Crippen LogP contribution in [0.5, 0.6) is 0 Å². The van der Waals surface area contributed by atoms with Crippen molar-refractivity contribution < 1.29 is 14.4 Å². The lowest BCUT2D eigenvalue weighted by molar-refractivity contribution is -0.137. The van der Waals surface area contributed by atoms with Gasteiger partial charge in [0.1, 0.15) is 12.2 Å². The van der Waals surface area contributed by atoms with Gasteiger partial charge in [0.2, 0.25) is 17.8 Å². The van der Waals surface area contributed by atoms with E-state index in [1.807, 2.05) is 30.3 Å². The van der Waals surface area contributed by atoms with Gasteiger partial charge in [-0.25, -0.2) is 4.98 Å². The number of H-pyrrole nitrogens is 1. The second kappa shape index (κ2) is 10.9. The Morgan fingerprint density at radius 3 is 2.65 bits per heavy atom. The number of likely N-dealkylation sites (tertiary alicyclic amines) is 1. The number of hydrogen-bond acceptors (Lipinski definition) is 6. The molecule has 1 aromatic carbocycles. The van der Waals surface area contributed by atoms with Crippen molar-refractivity contribution in [3.05, 3.63) is 54.4 Å². The van der Waals surface area contributed by atoms with Gasteiger partial charge in [0.25, 0.3) is 0 Å². The van der Waals surface area contributed by atoms with Gasteiger partial charge in [-0.2, -0.15) is 0 Å². The summed E-state index contributed by atoms with van der Waals surface area (Å²) in [5.74, 6) is 0.572. The van der Waals surface area contributed by atoms with Crippen LogP contribution in [0.3, 0.4) is 0 Å². The van der Waals surface area contributed by atoms with Gasteiger partial charge in [0, 0.05) is 38.4 Å². The normalized spacial score (nSPS) is 15.1. The minimum absolute atomic E-state index is 0.0428. The average Bonchev–Trinajstić information content (AvgIpc) is 3.26. The number of pyridine rings is 1. The van der Waals surface area contributed by atoms with Crippen molar-refractivity contribution in [3.8, 4) is 0 Å². The monoisotopic (exact) mass is 462 g/mol. The number of Topliss-reactive ketones (excluding diaryl/α,β-unsaturated/α-hetero) is 1. The van der Waals surface area contributed by atoms with E-state index in [2.05, 4.69) is 25.6 Å². The Hall–Kier alpha value is -3.75. The van der Waals surface area contributed by atoms with Crippen molar-refractivity contribution >= 4 is 34.6 Å². The summed E-state index contributed by atoms with van der Waals surface area (Å²) in [4.78, 5) is 50.5. The number of benzene rings is 1. The first kappa shape index (κ1) is 23.4. The summed E-state index contributed by atoms with van der Waals surface area (Å²) < 4.78 is 0. The Morgan fingerprint density at radius 1 is 1.15 bits per heavy atom. The third-order valence-corrected chi connectivity index (χ3v) is 6.14. The van der Waals surface area contributed by atoms with Crippen molar-refractivity contribution in [1.82, 2.24) is 25.2 Å². The zero-order chi connectivity index (χ0) is 23.9. The predicted molar refractivity (Wildman–Crippen MR) is 129 cm³/mol. The third-order valence-electron chi connectivity index (χ3n) is 6.14. The number of ketones is 1. The molecular formula is C25H30N6O3. The smallest absolute Gasteiger partial charge is 0.232 e. The molecule has 1 aliphatic rings. The first-order valence-corrected chi connectivity index (χ1v) is 11.6. The number of carbonyl (C=O) groups is 3. The Morgan fingerprint density at radius 2 is 1.94 bits per heavy atom. The van der Waals surface area contributed by atoms with E-state index in [0.29, 0.717) is 19.0 Å². The molecule has 2 amide bonds. The predicted octanol–water partition coefficient (Wildman–Crippen LogP) is 2.84. The number of fused-ring (bicyclic) bond motifs is 1. The number of nitrogens with zero attached hydrogens (tertiary/aromatic N) is 3. The van der Waals surface area contributed by atoms with E-state index in [1.165, 1.54) is 6.92 Å². The average molecular weight is 463 g/mol. The number of amides is 2. The Bertz CT molecular complexity index is 1100. The number of imidazole rings is 1. The summed E-state index contributed by atoms with van der Waals surface area (Å²) in [6, 6.07) is 11.0. The molecular weight excluding hydrogens is 432 g/mol. The number of carbonyl (C=O) groups excluding carboxylic acids is 3. The van der Waals surface area contributed by atoms with Crippen LogP contribution < -0.4 is 10.6 Å². The van der Waals surface area contributed by atoms with Crippen LogP contribution in [0.1, 0.15) is 44.2 Å². The number of hydrogen-bond donors (Lipinski definition) is 3. The van der Waals surface area contributed by atoms with Gasteiger partial charge in [0.15, 0.2) is 0 Å². The molecule has 0 spiro atoms. The quantitative estimate of drug-likeness (QED) is 0.421. The molecule has 0 aliphatic carbocycles. The maximum Gasteiger partial charge on any atom is 0.232 e. The molecule has 9 heteroatoms. The molecule has 1 aliphatic heterocycles. The van der Waals surface area contributed by atoms with Gasteiger partial charge in [-0.3, -0.25) is 19.4 Å². The maximum absolute atomic E-state index is 12.7. The largest absolute Gasteiger partial charge is 0.356 e. The molecule has 3 N–H and O–H groups in total. The van der Waals surface area contributed by atoms with E-state index in [0.717, 1.165) is 41.9 Å². The third kappa shape index (κ3) is 6.18. The molecule has 1 saturated heterocycles. The van der Waals surface area contributed by atoms with Crippen molar-refractivity contribution in [2.24, 2.45) is 5.92 Å². The molecule has 3 heterocycles. The highest BCUT2D eigenvalue weighted by Crippen LogP contribution is 2.20. The van der Waals surface area contributed by atoms with E-state index in [1.54, 1.807) is 23.4 Å². The number of para-hydroxylation sites is 2. The first-order valence-electron chi connectivity index (χ1n) is 11.6. The van der Waals surface area contributed by atoms with Crippen LogP contribution >= 0.6 is 0 Å². The van der Waals surface area contributed by atoms with Crippen LogP contribution in [-0.2, 0) is 14.4 Å². The molecule has 1 atom stereocenters. The first-order chi connectivity index (χ1) is 16.5. The molecule has 0 unspecified atom stereocenters. The summed E-state index contributed by atoms with van der Waals surface area (Å²) in [7, 11) is 0. The molecule has 178 valence electrons. The standard InChI is InChI=1S/C25H30N6O3/c1-17(32)13-22(19-5-4-10-26-16-19)28-23(33)14-24(34)31-11-8-18(9-12-31)15-27-25-29-20-6-2-3-7-21(20)30-25/h2-7,10,16,18,22H,8-9,11-15H2,1H3,(H,28,33)(H2,27,29,30)/t22-/m0/s1. The summed E-state index contributed by atoms with van der Waals surface area (Å²) in [5, 5.41) is 6.19. The summed E-state index contributed by atoms with van der Waals surface area (Å²) >= 11 is 0. The van der Waals surface area contributed by atoms with Gasteiger partial charge >= 0.3 is 0 Å². The lowest BCUT2D eigenvalue weighted by atomic mass is 9.96. The van der Waals surface area contributed by atoms with Crippen LogP contribution in [0.4, 0.5) is 5.95 Å². The van der Waals surface area contributed by atoms with Crippen LogP contribution in [0.2, 0.25) is 0 Å². The van der Waals surface area contributed by atoms with E-state index < -0.39 is 6.04 Å². The molecule has 0 radical (unpaired) electrons. The molecule has 9 nitrogen and oxygen atoms in total. The fourth-order valence-corrected chi connectivity index (χ4v) is 4.28. The molecule has 1 fully saturated rings. The van der Waals surface area contributed by atoms with E-state index in [-0.39, 0.29) is 30.4 Å². The van der Waals surface area contributed by atoms with E-state index >= 15 is 0 Å². The fourth-order valence-electron chi connectivity index (χ4n) is 4.28. The summed E-state index contributed by atoms with van der Waals surface area (Å²) in [5.41, 5.74) is 2.67. The second-order valence-electron chi connectivity index (χ2n) is 8.80. The van der Waals surface area contributed by atoms with E-state index in [9.17, 15) is 14.4 Å². The maximum atomic E-state index is 12.7. The van der Waals surface area contributed by atoms with Crippen LogP contribution in [0.15, 0.2) is 48.8 Å².